The third-order valence-electron chi connectivity index (χ3n) is 5.06. The molecule has 0 saturated carbocycles. The molecule has 1 aliphatic rings. The van der Waals surface area contributed by atoms with E-state index in [1.54, 1.807) is 6.26 Å². The summed E-state index contributed by atoms with van der Waals surface area (Å²) in [5, 5.41) is 11.0. The molecule has 0 spiro atoms. The van der Waals surface area contributed by atoms with Gasteiger partial charge in [-0.05, 0) is 52.4 Å². The van der Waals surface area contributed by atoms with Crippen LogP contribution < -0.4 is 0 Å². The molecule has 2 heteroatoms. The highest BCUT2D eigenvalue weighted by Crippen LogP contribution is 2.27. The van der Waals surface area contributed by atoms with Crippen LogP contribution in [0.4, 0.5) is 0 Å². The molecule has 0 fully saturated rings. The highest BCUT2D eigenvalue weighted by atomic mass is 16.5. The molecule has 0 radical (unpaired) electrons. The highest BCUT2D eigenvalue weighted by Gasteiger charge is 2.13. The number of hydrogen-bond donors (Lipinski definition) is 1. The van der Waals surface area contributed by atoms with Crippen molar-refractivity contribution >= 4 is 16.5 Å². The number of hydrogen-bond acceptors (Lipinski definition) is 2. The molecular formula is C26H23NO. The SMILES string of the molecule is C=C1CC/C=C\CO/C=C\1C(=N)c1ccc2cc(-c3ccccc3)ccc2c1. The molecule has 3 aromatic carbocycles. The molecule has 1 N–H and O–H groups in total. The van der Waals surface area contributed by atoms with Crippen molar-refractivity contribution in [3.05, 3.63) is 108 Å². The molecule has 138 valence electrons. The zero-order valence-electron chi connectivity index (χ0n) is 15.8. The molecular weight excluding hydrogens is 342 g/mol. The Morgan fingerprint density at radius 2 is 1.64 bits per heavy atom. The van der Waals surface area contributed by atoms with Crippen LogP contribution in [0.15, 0.2) is 103 Å². The van der Waals surface area contributed by atoms with Gasteiger partial charge >= 0.3 is 0 Å². The van der Waals surface area contributed by atoms with E-state index in [2.05, 4.69) is 67.3 Å². The summed E-state index contributed by atoms with van der Waals surface area (Å²) in [6, 6.07) is 23.0. The van der Waals surface area contributed by atoms with E-state index in [0.717, 1.165) is 34.9 Å². The third kappa shape index (κ3) is 3.81. The minimum absolute atomic E-state index is 0.459. The zero-order valence-corrected chi connectivity index (χ0v) is 15.8. The summed E-state index contributed by atoms with van der Waals surface area (Å²) in [6.45, 7) is 4.70. The summed E-state index contributed by atoms with van der Waals surface area (Å²) in [5.74, 6) is 0. The average Bonchev–Trinajstić information content (AvgIpc) is 2.85. The highest BCUT2D eigenvalue weighted by molar-refractivity contribution is 6.14. The summed E-state index contributed by atoms with van der Waals surface area (Å²) in [6.07, 6.45) is 7.56. The van der Waals surface area contributed by atoms with Gasteiger partial charge in [0.15, 0.2) is 0 Å². The molecule has 0 saturated heterocycles. The van der Waals surface area contributed by atoms with Gasteiger partial charge in [0, 0.05) is 11.1 Å². The van der Waals surface area contributed by atoms with Gasteiger partial charge in [0.25, 0.3) is 0 Å². The molecule has 28 heavy (non-hydrogen) atoms. The second-order valence-corrected chi connectivity index (χ2v) is 7.00. The van der Waals surface area contributed by atoms with Gasteiger partial charge < -0.3 is 4.74 Å². The largest absolute Gasteiger partial charge is 0.496 e. The summed E-state index contributed by atoms with van der Waals surface area (Å²) >= 11 is 0. The van der Waals surface area contributed by atoms with Gasteiger partial charge in [-0.3, -0.25) is 5.41 Å². The topological polar surface area (TPSA) is 33.1 Å². The first-order valence-corrected chi connectivity index (χ1v) is 9.56. The van der Waals surface area contributed by atoms with E-state index in [-0.39, 0.29) is 0 Å². The number of allylic oxidation sites excluding steroid dienone is 3. The second-order valence-electron chi connectivity index (χ2n) is 7.00. The van der Waals surface area contributed by atoms with E-state index in [1.165, 1.54) is 16.5 Å². The van der Waals surface area contributed by atoms with Crippen molar-refractivity contribution < 1.29 is 4.74 Å². The number of fused-ring (bicyclic) bond motifs is 1. The second kappa shape index (κ2) is 8.10. The molecule has 0 amide bonds. The van der Waals surface area contributed by atoms with Gasteiger partial charge in [0.2, 0.25) is 0 Å². The predicted molar refractivity (Wildman–Crippen MR) is 118 cm³/mol. The molecule has 2 nitrogen and oxygen atoms in total. The number of rotatable bonds is 3. The van der Waals surface area contributed by atoms with Gasteiger partial charge in [-0.25, -0.2) is 0 Å². The van der Waals surface area contributed by atoms with Crippen LogP contribution in [0.1, 0.15) is 18.4 Å². The lowest BCUT2D eigenvalue weighted by atomic mass is 9.93. The van der Waals surface area contributed by atoms with Gasteiger partial charge in [0.1, 0.15) is 6.61 Å². The molecule has 1 heterocycles. The van der Waals surface area contributed by atoms with Crippen LogP contribution in [0, 0.1) is 5.41 Å². The van der Waals surface area contributed by atoms with Crippen molar-refractivity contribution in [2.24, 2.45) is 0 Å². The summed E-state index contributed by atoms with van der Waals surface area (Å²) in [7, 11) is 0. The molecule has 0 atom stereocenters. The van der Waals surface area contributed by atoms with E-state index >= 15 is 0 Å². The first-order valence-electron chi connectivity index (χ1n) is 9.56. The number of nitrogens with one attached hydrogen (secondary N) is 1. The minimum Gasteiger partial charge on any atom is -0.496 e. The molecule has 0 unspecified atom stereocenters. The summed E-state index contributed by atoms with van der Waals surface area (Å²) < 4.78 is 5.58. The first kappa shape index (κ1) is 18.0. The van der Waals surface area contributed by atoms with E-state index < -0.39 is 0 Å². The van der Waals surface area contributed by atoms with E-state index in [0.29, 0.717) is 12.3 Å². The predicted octanol–water partition coefficient (Wildman–Crippen LogP) is 6.68. The van der Waals surface area contributed by atoms with Crippen LogP contribution in [0.2, 0.25) is 0 Å². The van der Waals surface area contributed by atoms with Crippen LogP contribution >= 0.6 is 0 Å². The van der Waals surface area contributed by atoms with Gasteiger partial charge in [-0.15, -0.1) is 0 Å². The van der Waals surface area contributed by atoms with Crippen LogP contribution in [0.3, 0.4) is 0 Å². The molecule has 4 rings (SSSR count). The summed E-state index contributed by atoms with van der Waals surface area (Å²) in [5.41, 5.74) is 5.47. The molecule has 0 aromatic heterocycles. The van der Waals surface area contributed by atoms with Gasteiger partial charge in [-0.2, -0.15) is 0 Å². The Labute approximate surface area is 166 Å². The van der Waals surface area contributed by atoms with Crippen molar-refractivity contribution in [2.75, 3.05) is 6.61 Å². The van der Waals surface area contributed by atoms with Crippen molar-refractivity contribution in [3.63, 3.8) is 0 Å². The van der Waals surface area contributed by atoms with E-state index in [4.69, 9.17) is 10.1 Å². The monoisotopic (exact) mass is 365 g/mol. The van der Waals surface area contributed by atoms with Crippen LogP contribution in [-0.4, -0.2) is 12.3 Å². The average molecular weight is 365 g/mol. The van der Waals surface area contributed by atoms with Crippen molar-refractivity contribution in [1.82, 2.24) is 0 Å². The summed E-state index contributed by atoms with van der Waals surface area (Å²) in [4.78, 5) is 0. The Bertz CT molecular complexity index is 1090. The maximum absolute atomic E-state index is 8.72. The van der Waals surface area contributed by atoms with Crippen LogP contribution in [0.5, 0.6) is 0 Å². The first-order chi connectivity index (χ1) is 13.7. The lowest BCUT2D eigenvalue weighted by Crippen LogP contribution is -2.06. The lowest BCUT2D eigenvalue weighted by molar-refractivity contribution is 0.288. The van der Waals surface area contributed by atoms with E-state index in [9.17, 15) is 0 Å². The number of ether oxygens (including phenoxy) is 1. The Balaban J connectivity index is 1.65. The fourth-order valence-electron chi connectivity index (χ4n) is 3.45. The fraction of sp³-hybridized carbons (Fsp3) is 0.115. The minimum atomic E-state index is 0.459. The molecule has 0 aliphatic carbocycles. The maximum Gasteiger partial charge on any atom is 0.106 e. The fourth-order valence-corrected chi connectivity index (χ4v) is 3.45. The van der Waals surface area contributed by atoms with E-state index in [1.807, 2.05) is 18.2 Å². The van der Waals surface area contributed by atoms with Crippen LogP contribution in [-0.2, 0) is 4.74 Å². The third-order valence-corrected chi connectivity index (χ3v) is 5.06. The molecule has 0 bridgehead atoms. The Morgan fingerprint density at radius 1 is 0.857 bits per heavy atom. The smallest absolute Gasteiger partial charge is 0.106 e. The van der Waals surface area contributed by atoms with Crippen molar-refractivity contribution in [3.8, 4) is 11.1 Å². The normalized spacial score (nSPS) is 17.6. The Kier molecular flexibility index (Phi) is 5.20. The Morgan fingerprint density at radius 3 is 2.50 bits per heavy atom. The lowest BCUT2D eigenvalue weighted by Gasteiger charge is -2.13. The number of benzene rings is 3. The van der Waals surface area contributed by atoms with Crippen molar-refractivity contribution in [1.29, 1.82) is 5.41 Å². The quantitative estimate of drug-likeness (QED) is 0.407. The van der Waals surface area contributed by atoms with Gasteiger partial charge in [-0.1, -0.05) is 73.3 Å². The Hall–Kier alpha value is -3.39. The van der Waals surface area contributed by atoms with Gasteiger partial charge in [0.05, 0.1) is 12.0 Å². The maximum atomic E-state index is 8.72. The van der Waals surface area contributed by atoms with Crippen molar-refractivity contribution in [2.45, 2.75) is 12.8 Å². The zero-order chi connectivity index (χ0) is 19.3. The molecule has 1 aliphatic heterocycles. The van der Waals surface area contributed by atoms with Crippen LogP contribution in [0.25, 0.3) is 21.9 Å². The molecule has 3 aromatic rings. The standard InChI is InChI=1S/C26H23NO/c1-19-8-4-3-7-15-28-18-25(19)26(27)24-14-13-22-16-21(11-12-23(22)17-24)20-9-5-2-6-10-20/h2-3,5-7,9-14,16-18,27H,1,4,8,15H2/b7-3-,25-18+,27-26?.